The Hall–Kier alpha value is -3.55. The van der Waals surface area contributed by atoms with Crippen molar-refractivity contribution in [3.8, 4) is 5.75 Å². The normalized spacial score (nSPS) is 13.0. The van der Waals surface area contributed by atoms with Crippen LogP contribution in [0.1, 0.15) is 5.56 Å². The van der Waals surface area contributed by atoms with Crippen LogP contribution in [0.25, 0.3) is 10.9 Å². The second kappa shape index (κ2) is 7.22. The summed E-state index contributed by atoms with van der Waals surface area (Å²) in [6, 6.07) is 7.18. The highest BCUT2D eigenvalue weighted by molar-refractivity contribution is 6.07. The maximum Gasteiger partial charge on any atom is 0.250 e. The molecule has 1 aliphatic rings. The molecule has 4 rings (SSSR count). The van der Waals surface area contributed by atoms with Crippen LogP contribution in [-0.4, -0.2) is 29.0 Å². The number of anilines is 2. The first-order chi connectivity index (χ1) is 13.6. The van der Waals surface area contributed by atoms with Gasteiger partial charge in [-0.25, -0.2) is 18.7 Å². The zero-order chi connectivity index (χ0) is 19.7. The molecule has 1 N–H and O–H groups in total. The molecule has 0 atom stereocenters. The van der Waals surface area contributed by atoms with E-state index >= 15 is 0 Å². The first-order valence-electron chi connectivity index (χ1n) is 8.61. The van der Waals surface area contributed by atoms with Crippen molar-refractivity contribution in [2.75, 3.05) is 23.4 Å². The van der Waals surface area contributed by atoms with Gasteiger partial charge >= 0.3 is 0 Å². The van der Waals surface area contributed by atoms with Crippen LogP contribution in [0.5, 0.6) is 5.75 Å². The zero-order valence-corrected chi connectivity index (χ0v) is 14.8. The van der Waals surface area contributed by atoms with Crippen molar-refractivity contribution >= 4 is 28.3 Å². The van der Waals surface area contributed by atoms with Crippen molar-refractivity contribution in [2.45, 2.75) is 6.54 Å². The van der Waals surface area contributed by atoms with Crippen LogP contribution in [0.3, 0.4) is 0 Å². The predicted molar refractivity (Wildman–Crippen MR) is 101 cm³/mol. The highest BCUT2D eigenvalue weighted by atomic mass is 19.1. The molecule has 2 aromatic carbocycles. The number of fused-ring (bicyclic) bond motifs is 3. The number of aromatic nitrogens is 2. The predicted octanol–water partition coefficient (Wildman–Crippen LogP) is 3.43. The van der Waals surface area contributed by atoms with E-state index in [0.29, 0.717) is 41.3 Å². The molecule has 0 saturated carbocycles. The number of carbonyl (C=O) groups is 1. The number of rotatable bonds is 4. The number of amides is 1. The Kier molecular flexibility index (Phi) is 4.60. The molecule has 1 amide bonds. The Morgan fingerprint density at radius 1 is 1.25 bits per heavy atom. The summed E-state index contributed by atoms with van der Waals surface area (Å²) >= 11 is 0. The van der Waals surface area contributed by atoms with Crippen molar-refractivity contribution in [1.82, 2.24) is 9.97 Å². The van der Waals surface area contributed by atoms with Crippen molar-refractivity contribution in [2.24, 2.45) is 0 Å². The molecule has 0 bridgehead atoms. The Labute approximate surface area is 159 Å². The van der Waals surface area contributed by atoms with Crippen molar-refractivity contribution < 1.29 is 18.3 Å². The minimum Gasteiger partial charge on any atom is -0.489 e. The topological polar surface area (TPSA) is 67.4 Å². The summed E-state index contributed by atoms with van der Waals surface area (Å²) in [6.45, 7) is 4.10. The Bertz CT molecular complexity index is 1070. The van der Waals surface area contributed by atoms with Gasteiger partial charge in [0.05, 0.1) is 23.1 Å². The number of halogens is 2. The molecule has 6 nitrogen and oxygen atoms in total. The van der Waals surface area contributed by atoms with Gasteiger partial charge in [-0.1, -0.05) is 12.6 Å². The van der Waals surface area contributed by atoms with Gasteiger partial charge in [0.1, 0.15) is 30.4 Å². The van der Waals surface area contributed by atoms with Crippen LogP contribution in [0.2, 0.25) is 0 Å². The van der Waals surface area contributed by atoms with Gasteiger partial charge in [0, 0.05) is 12.1 Å². The minimum atomic E-state index is -0.646. The van der Waals surface area contributed by atoms with Gasteiger partial charge < -0.3 is 15.0 Å². The lowest BCUT2D eigenvalue weighted by Crippen LogP contribution is -2.36. The lowest BCUT2D eigenvalue weighted by atomic mass is 10.1. The summed E-state index contributed by atoms with van der Waals surface area (Å²) in [4.78, 5) is 22.1. The Balaban J connectivity index is 1.77. The molecule has 2 heterocycles. The Morgan fingerprint density at radius 3 is 2.79 bits per heavy atom. The fourth-order valence-electron chi connectivity index (χ4n) is 3.18. The molecular weight excluding hydrogens is 366 g/mol. The fourth-order valence-corrected chi connectivity index (χ4v) is 3.18. The van der Waals surface area contributed by atoms with Crippen molar-refractivity contribution in [3.63, 3.8) is 0 Å². The molecule has 0 fully saturated rings. The van der Waals surface area contributed by atoms with Crippen LogP contribution in [0.15, 0.2) is 49.3 Å². The van der Waals surface area contributed by atoms with Gasteiger partial charge in [0.25, 0.3) is 5.91 Å². The minimum absolute atomic E-state index is 0.0940. The number of carbonyl (C=O) groups excluding carboxylic acids is 1. The number of nitrogens with zero attached hydrogens (tertiary/aromatic N) is 3. The van der Waals surface area contributed by atoms with Crippen LogP contribution in [0, 0.1) is 11.6 Å². The maximum atomic E-state index is 13.9. The summed E-state index contributed by atoms with van der Waals surface area (Å²) in [7, 11) is 0. The van der Waals surface area contributed by atoms with Gasteiger partial charge in [0.2, 0.25) is 0 Å². The van der Waals surface area contributed by atoms with Crippen LogP contribution < -0.4 is 15.0 Å². The monoisotopic (exact) mass is 382 g/mol. The number of benzene rings is 2. The lowest BCUT2D eigenvalue weighted by Gasteiger charge is -2.29. The van der Waals surface area contributed by atoms with Gasteiger partial charge in [-0.15, -0.1) is 0 Å². The van der Waals surface area contributed by atoms with Gasteiger partial charge in [-0.2, -0.15) is 0 Å². The average Bonchev–Trinajstić information content (AvgIpc) is 2.72. The van der Waals surface area contributed by atoms with Crippen molar-refractivity contribution in [1.29, 1.82) is 0 Å². The largest absolute Gasteiger partial charge is 0.489 e. The highest BCUT2D eigenvalue weighted by Gasteiger charge is 2.25. The molecule has 0 aliphatic carbocycles. The Morgan fingerprint density at radius 2 is 2.04 bits per heavy atom. The fraction of sp³-hybridized carbons (Fsp3) is 0.150. The standard InChI is InChI=1S/C20H16F2N4O2/c1-2-17(27)26-8-9-28-19-16(26)7-6-15-18(19)20(25-11-24-15)23-10-12-13(21)4-3-5-14(12)22/h2-7,11H,1,8-10H2,(H,23,24,25). The molecule has 1 aromatic heterocycles. The van der Waals surface area contributed by atoms with Crippen LogP contribution in [0.4, 0.5) is 20.3 Å². The summed E-state index contributed by atoms with van der Waals surface area (Å²) in [5.41, 5.74) is 1.06. The van der Waals surface area contributed by atoms with Crippen molar-refractivity contribution in [3.05, 3.63) is 66.5 Å². The molecule has 28 heavy (non-hydrogen) atoms. The molecule has 1 aliphatic heterocycles. The van der Waals surface area contributed by atoms with E-state index in [1.807, 2.05) is 0 Å². The summed E-state index contributed by atoms with van der Waals surface area (Å²) in [5, 5.41) is 3.50. The number of hydrogen-bond donors (Lipinski definition) is 1. The van der Waals surface area contributed by atoms with Crippen LogP contribution in [-0.2, 0) is 11.3 Å². The smallest absolute Gasteiger partial charge is 0.250 e. The van der Waals surface area contributed by atoms with Gasteiger partial charge in [-0.05, 0) is 30.3 Å². The summed E-state index contributed by atoms with van der Waals surface area (Å²) < 4.78 is 33.7. The molecular formula is C20H16F2N4O2. The van der Waals surface area contributed by atoms with E-state index in [-0.39, 0.29) is 18.0 Å². The molecule has 0 radical (unpaired) electrons. The summed E-state index contributed by atoms with van der Waals surface area (Å²) in [5.74, 6) is -0.740. The SMILES string of the molecule is C=CC(=O)N1CCOc2c1ccc1ncnc(NCc3c(F)cccc3F)c21. The van der Waals surface area contributed by atoms with Gasteiger partial charge in [0.15, 0.2) is 5.75 Å². The van der Waals surface area contributed by atoms with E-state index in [4.69, 9.17) is 4.74 Å². The first-order valence-corrected chi connectivity index (χ1v) is 8.61. The third-order valence-corrected chi connectivity index (χ3v) is 4.52. The second-order valence-corrected chi connectivity index (χ2v) is 6.13. The summed E-state index contributed by atoms with van der Waals surface area (Å²) in [6.07, 6.45) is 2.59. The van der Waals surface area contributed by atoms with E-state index in [1.54, 1.807) is 17.0 Å². The molecule has 0 saturated heterocycles. The quantitative estimate of drug-likeness (QED) is 0.701. The van der Waals surface area contributed by atoms with E-state index in [0.717, 1.165) is 0 Å². The zero-order valence-electron chi connectivity index (χ0n) is 14.8. The molecule has 142 valence electrons. The lowest BCUT2D eigenvalue weighted by molar-refractivity contribution is -0.114. The number of nitrogens with one attached hydrogen (secondary N) is 1. The van der Waals surface area contributed by atoms with E-state index in [1.165, 1.54) is 30.6 Å². The highest BCUT2D eigenvalue weighted by Crippen LogP contribution is 2.40. The first kappa shape index (κ1) is 17.8. The van der Waals surface area contributed by atoms with Crippen LogP contribution >= 0.6 is 0 Å². The molecule has 8 heteroatoms. The maximum absolute atomic E-state index is 13.9. The number of ether oxygens (including phenoxy) is 1. The van der Waals surface area contributed by atoms with E-state index < -0.39 is 11.6 Å². The third-order valence-electron chi connectivity index (χ3n) is 4.52. The number of hydrogen-bond acceptors (Lipinski definition) is 5. The van der Waals surface area contributed by atoms with Gasteiger partial charge in [-0.3, -0.25) is 4.79 Å². The second-order valence-electron chi connectivity index (χ2n) is 6.13. The van der Waals surface area contributed by atoms with E-state index in [9.17, 15) is 13.6 Å². The molecule has 0 spiro atoms. The van der Waals surface area contributed by atoms with E-state index in [2.05, 4.69) is 21.9 Å². The third kappa shape index (κ3) is 3.02. The average molecular weight is 382 g/mol. The molecule has 3 aromatic rings. The molecule has 0 unspecified atom stereocenters.